The van der Waals surface area contributed by atoms with E-state index in [0.29, 0.717) is 19.6 Å². The van der Waals surface area contributed by atoms with Crippen LogP contribution < -0.4 is 10.6 Å². The number of carboxylic acid groups (broad SMARTS) is 1. The van der Waals surface area contributed by atoms with Gasteiger partial charge >= 0.3 is 12.0 Å². The number of rotatable bonds is 6. The monoisotopic (exact) mass is 286 g/mol. The van der Waals surface area contributed by atoms with Gasteiger partial charge in [0.2, 0.25) is 0 Å². The molecule has 1 saturated carbocycles. The molecule has 0 aromatic rings. The molecule has 0 saturated heterocycles. The Morgan fingerprint density at radius 2 is 1.95 bits per heavy atom. The highest BCUT2D eigenvalue weighted by Gasteiger charge is 2.30. The fourth-order valence-corrected chi connectivity index (χ4v) is 2.45. The zero-order chi connectivity index (χ0) is 15.0. The molecule has 1 aliphatic carbocycles. The molecule has 2 unspecified atom stereocenters. The van der Waals surface area contributed by atoms with Crippen molar-refractivity contribution in [3.05, 3.63) is 0 Å². The zero-order valence-electron chi connectivity index (χ0n) is 12.4. The molecular weight excluding hydrogens is 260 g/mol. The second-order valence-corrected chi connectivity index (χ2v) is 5.51. The number of carbonyl (C=O) groups is 2. The van der Waals surface area contributed by atoms with Gasteiger partial charge in [-0.15, -0.1) is 0 Å². The van der Waals surface area contributed by atoms with Crippen molar-refractivity contribution in [1.82, 2.24) is 10.6 Å². The maximum absolute atomic E-state index is 11.8. The maximum atomic E-state index is 11.8. The molecule has 1 rings (SSSR count). The first-order valence-corrected chi connectivity index (χ1v) is 7.39. The molecule has 0 bridgehead atoms. The molecule has 116 valence electrons. The van der Waals surface area contributed by atoms with E-state index in [9.17, 15) is 14.7 Å². The van der Waals surface area contributed by atoms with E-state index in [1.807, 2.05) is 13.8 Å². The number of hydrogen-bond donors (Lipinski definition) is 3. The Labute approximate surface area is 120 Å². The Hall–Kier alpha value is -1.30. The molecule has 0 spiro atoms. The van der Waals surface area contributed by atoms with E-state index >= 15 is 0 Å². The van der Waals surface area contributed by atoms with Crippen LogP contribution in [0.15, 0.2) is 0 Å². The number of carboxylic acids is 1. The molecule has 1 fully saturated rings. The van der Waals surface area contributed by atoms with Crippen LogP contribution in [-0.4, -0.2) is 42.4 Å². The van der Waals surface area contributed by atoms with Crippen molar-refractivity contribution in [3.8, 4) is 0 Å². The first-order valence-electron chi connectivity index (χ1n) is 7.39. The smallest absolute Gasteiger partial charge is 0.315 e. The molecule has 0 heterocycles. The predicted octanol–water partition coefficient (Wildman–Crippen LogP) is 1.74. The summed E-state index contributed by atoms with van der Waals surface area (Å²) in [6.07, 6.45) is 4.41. The normalized spacial score (nSPS) is 23.1. The fourth-order valence-electron chi connectivity index (χ4n) is 2.45. The summed E-state index contributed by atoms with van der Waals surface area (Å²) in [6, 6.07) is -0.587. The van der Waals surface area contributed by atoms with Gasteiger partial charge in [-0.1, -0.05) is 19.3 Å². The molecule has 0 aliphatic heterocycles. The van der Waals surface area contributed by atoms with Crippen LogP contribution in [0, 0.1) is 5.92 Å². The lowest BCUT2D eigenvalue weighted by molar-refractivity contribution is -0.142. The van der Waals surface area contributed by atoms with Crippen LogP contribution >= 0.6 is 0 Å². The Kier molecular flexibility index (Phi) is 7.36. The number of amides is 2. The van der Waals surface area contributed by atoms with Gasteiger partial charge in [-0.25, -0.2) is 4.79 Å². The van der Waals surface area contributed by atoms with Crippen LogP contribution in [0.25, 0.3) is 0 Å². The van der Waals surface area contributed by atoms with E-state index in [4.69, 9.17) is 4.74 Å². The van der Waals surface area contributed by atoms with Crippen LogP contribution in [0.4, 0.5) is 4.79 Å². The molecule has 2 amide bonds. The van der Waals surface area contributed by atoms with Gasteiger partial charge in [0.15, 0.2) is 0 Å². The van der Waals surface area contributed by atoms with Gasteiger partial charge in [-0.05, 0) is 26.7 Å². The van der Waals surface area contributed by atoms with Gasteiger partial charge < -0.3 is 20.5 Å². The maximum Gasteiger partial charge on any atom is 0.315 e. The van der Waals surface area contributed by atoms with Crippen molar-refractivity contribution in [1.29, 1.82) is 0 Å². The SMILES string of the molecule is CC(C)OCCNC(=O)NC1CCCCCC1C(=O)O. The molecule has 20 heavy (non-hydrogen) atoms. The van der Waals surface area contributed by atoms with Gasteiger partial charge in [0, 0.05) is 12.6 Å². The molecule has 0 aromatic carbocycles. The van der Waals surface area contributed by atoms with Crippen molar-refractivity contribution in [2.75, 3.05) is 13.2 Å². The van der Waals surface area contributed by atoms with Gasteiger partial charge in [0.05, 0.1) is 18.6 Å². The van der Waals surface area contributed by atoms with E-state index in [-0.39, 0.29) is 18.2 Å². The first kappa shape index (κ1) is 16.8. The summed E-state index contributed by atoms with van der Waals surface area (Å²) in [4.78, 5) is 23.0. The highest BCUT2D eigenvalue weighted by atomic mass is 16.5. The van der Waals surface area contributed by atoms with Crippen molar-refractivity contribution in [2.45, 2.75) is 58.1 Å². The molecule has 0 aromatic heterocycles. The Morgan fingerprint density at radius 3 is 2.60 bits per heavy atom. The molecule has 6 heteroatoms. The van der Waals surface area contributed by atoms with Crippen LogP contribution in [-0.2, 0) is 9.53 Å². The number of carbonyl (C=O) groups excluding carboxylic acids is 1. The topological polar surface area (TPSA) is 87.7 Å². The van der Waals surface area contributed by atoms with E-state index in [1.54, 1.807) is 0 Å². The quantitative estimate of drug-likeness (QED) is 0.512. The van der Waals surface area contributed by atoms with E-state index in [2.05, 4.69) is 10.6 Å². The van der Waals surface area contributed by atoms with Gasteiger partial charge in [0.25, 0.3) is 0 Å². The minimum atomic E-state index is -0.819. The third-order valence-corrected chi connectivity index (χ3v) is 3.49. The van der Waals surface area contributed by atoms with Gasteiger partial charge in [-0.2, -0.15) is 0 Å². The van der Waals surface area contributed by atoms with Crippen LogP contribution in [0.1, 0.15) is 46.0 Å². The minimum absolute atomic E-state index is 0.137. The molecule has 3 N–H and O–H groups in total. The van der Waals surface area contributed by atoms with Gasteiger partial charge in [0.1, 0.15) is 0 Å². The summed E-state index contributed by atoms with van der Waals surface area (Å²) in [5.74, 6) is -1.30. The molecular formula is C14H26N2O4. The third kappa shape index (κ3) is 6.23. The number of urea groups is 1. The molecule has 2 atom stereocenters. The lowest BCUT2D eigenvalue weighted by Gasteiger charge is -2.23. The van der Waals surface area contributed by atoms with Crippen molar-refractivity contribution in [3.63, 3.8) is 0 Å². The minimum Gasteiger partial charge on any atom is -0.481 e. The highest BCUT2D eigenvalue weighted by Crippen LogP contribution is 2.23. The number of hydrogen-bond acceptors (Lipinski definition) is 3. The van der Waals surface area contributed by atoms with Crippen LogP contribution in [0.5, 0.6) is 0 Å². The summed E-state index contributed by atoms with van der Waals surface area (Å²) >= 11 is 0. The average molecular weight is 286 g/mol. The third-order valence-electron chi connectivity index (χ3n) is 3.49. The Morgan fingerprint density at radius 1 is 1.25 bits per heavy atom. The van der Waals surface area contributed by atoms with Crippen molar-refractivity contribution >= 4 is 12.0 Å². The number of nitrogens with one attached hydrogen (secondary N) is 2. The summed E-state index contributed by atoms with van der Waals surface area (Å²) in [5, 5.41) is 14.7. The summed E-state index contributed by atoms with van der Waals surface area (Å²) in [7, 11) is 0. The largest absolute Gasteiger partial charge is 0.481 e. The van der Waals surface area contributed by atoms with Crippen LogP contribution in [0.2, 0.25) is 0 Å². The summed E-state index contributed by atoms with van der Waals surface area (Å²) < 4.78 is 5.32. The molecule has 1 aliphatic rings. The standard InChI is InChI=1S/C14H26N2O4/c1-10(2)20-9-8-15-14(19)16-12-7-5-3-4-6-11(12)13(17)18/h10-12H,3-9H2,1-2H3,(H,17,18)(H2,15,16,19). The lowest BCUT2D eigenvalue weighted by atomic mass is 9.95. The second kappa shape index (κ2) is 8.79. The Bertz CT molecular complexity index is 320. The average Bonchev–Trinajstić information content (AvgIpc) is 2.60. The summed E-state index contributed by atoms with van der Waals surface area (Å²) in [5.41, 5.74) is 0. The second-order valence-electron chi connectivity index (χ2n) is 5.51. The van der Waals surface area contributed by atoms with Crippen LogP contribution in [0.3, 0.4) is 0 Å². The summed E-state index contributed by atoms with van der Waals surface area (Å²) in [6.45, 7) is 4.75. The highest BCUT2D eigenvalue weighted by molar-refractivity contribution is 5.76. The predicted molar refractivity (Wildman–Crippen MR) is 75.6 cm³/mol. The zero-order valence-corrected chi connectivity index (χ0v) is 12.4. The number of ether oxygens (including phenoxy) is 1. The van der Waals surface area contributed by atoms with Crippen molar-refractivity contribution < 1.29 is 19.4 Å². The van der Waals surface area contributed by atoms with Gasteiger partial charge in [-0.3, -0.25) is 4.79 Å². The fraction of sp³-hybridized carbons (Fsp3) is 0.857. The lowest BCUT2D eigenvalue weighted by Crippen LogP contribution is -2.47. The Balaban J connectivity index is 2.35. The van der Waals surface area contributed by atoms with E-state index < -0.39 is 11.9 Å². The van der Waals surface area contributed by atoms with E-state index in [1.165, 1.54) is 0 Å². The molecule has 6 nitrogen and oxygen atoms in total. The van der Waals surface area contributed by atoms with E-state index in [0.717, 1.165) is 25.7 Å². The molecule has 0 radical (unpaired) electrons. The first-order chi connectivity index (χ1) is 9.50. The number of aliphatic carboxylic acids is 1. The van der Waals surface area contributed by atoms with Crippen molar-refractivity contribution in [2.24, 2.45) is 5.92 Å².